The second-order valence-electron chi connectivity index (χ2n) is 4.15. The average molecular weight is 331 g/mol. The van der Waals surface area contributed by atoms with Crippen molar-refractivity contribution in [2.75, 3.05) is 0 Å². The Balaban J connectivity index is 2.20. The Hall–Kier alpha value is -2.19. The van der Waals surface area contributed by atoms with Crippen molar-refractivity contribution in [3.05, 3.63) is 57.8 Å². The number of carbonyl (C=O) groups excluding carboxylic acids is 1. The molecular formula is C15H11BrN2O2. The van der Waals surface area contributed by atoms with Crippen LogP contribution in [0.4, 0.5) is 0 Å². The predicted octanol–water partition coefficient (Wildman–Crippen LogP) is 3.50. The number of nitriles is 1. The summed E-state index contributed by atoms with van der Waals surface area (Å²) < 4.78 is 6.51. The van der Waals surface area contributed by atoms with Gasteiger partial charge in [-0.2, -0.15) is 5.26 Å². The topological polar surface area (TPSA) is 63.0 Å². The van der Waals surface area contributed by atoms with Crippen molar-refractivity contribution < 1.29 is 9.53 Å². The molecule has 1 heterocycles. The first kappa shape index (κ1) is 14.2. The van der Waals surface area contributed by atoms with E-state index in [1.54, 1.807) is 36.5 Å². The number of nitrogens with zero attached hydrogens (tertiary/aromatic N) is 2. The molecule has 0 aliphatic carbocycles. The van der Waals surface area contributed by atoms with Crippen molar-refractivity contribution in [2.45, 2.75) is 13.5 Å². The zero-order valence-electron chi connectivity index (χ0n) is 10.8. The summed E-state index contributed by atoms with van der Waals surface area (Å²) in [5.74, 6) is 0.460. The van der Waals surface area contributed by atoms with Crippen LogP contribution in [0.15, 0.2) is 41.0 Å². The first-order valence-electron chi connectivity index (χ1n) is 5.88. The van der Waals surface area contributed by atoms with E-state index in [4.69, 9.17) is 10.00 Å². The third-order valence-electron chi connectivity index (χ3n) is 2.66. The van der Waals surface area contributed by atoms with E-state index < -0.39 is 0 Å². The zero-order valence-corrected chi connectivity index (χ0v) is 12.3. The Labute approximate surface area is 125 Å². The summed E-state index contributed by atoms with van der Waals surface area (Å²) in [6, 6.07) is 10.7. The molecule has 5 heteroatoms. The number of Topliss-reactive ketones (excluding diaryl/α,β-unsaturated/α-hetero) is 1. The van der Waals surface area contributed by atoms with Gasteiger partial charge in [0.2, 0.25) is 0 Å². The fourth-order valence-electron chi connectivity index (χ4n) is 1.69. The minimum absolute atomic E-state index is 0.0556. The molecule has 0 unspecified atom stereocenters. The molecule has 0 aliphatic rings. The monoisotopic (exact) mass is 330 g/mol. The van der Waals surface area contributed by atoms with Crippen molar-refractivity contribution in [1.82, 2.24) is 4.98 Å². The van der Waals surface area contributed by atoms with Crippen molar-refractivity contribution >= 4 is 21.7 Å². The van der Waals surface area contributed by atoms with Crippen molar-refractivity contribution in [3.8, 4) is 11.8 Å². The molecule has 0 bridgehead atoms. The summed E-state index contributed by atoms with van der Waals surface area (Å²) in [6.45, 7) is 1.77. The molecule has 0 amide bonds. The third kappa shape index (κ3) is 3.43. The maximum Gasteiger partial charge on any atom is 0.163 e. The molecule has 1 aromatic heterocycles. The Bertz CT molecular complexity index is 693. The molecular weight excluding hydrogens is 320 g/mol. The zero-order chi connectivity index (χ0) is 14.5. The van der Waals surface area contributed by atoms with Crippen LogP contribution in [0.3, 0.4) is 0 Å². The highest BCUT2D eigenvalue weighted by molar-refractivity contribution is 9.10. The second kappa shape index (κ2) is 6.31. The molecule has 2 aromatic rings. The van der Waals surface area contributed by atoms with Gasteiger partial charge in [0.25, 0.3) is 0 Å². The van der Waals surface area contributed by atoms with E-state index in [0.717, 1.165) is 10.0 Å². The minimum atomic E-state index is -0.0556. The van der Waals surface area contributed by atoms with Crippen LogP contribution in [-0.2, 0) is 6.61 Å². The highest BCUT2D eigenvalue weighted by Crippen LogP contribution is 2.25. The molecule has 20 heavy (non-hydrogen) atoms. The first-order chi connectivity index (χ1) is 9.60. The molecule has 4 nitrogen and oxygen atoms in total. The SMILES string of the molecule is CC(=O)c1ccc(Br)cc1OCc1ccnc(C#N)c1. The number of carbonyl (C=O) groups is 1. The Morgan fingerprint density at radius 2 is 2.20 bits per heavy atom. The van der Waals surface area contributed by atoms with Gasteiger partial charge >= 0.3 is 0 Å². The molecule has 0 radical (unpaired) electrons. The van der Waals surface area contributed by atoms with E-state index in [0.29, 0.717) is 17.0 Å². The Kier molecular flexibility index (Phi) is 4.49. The van der Waals surface area contributed by atoms with E-state index in [1.807, 2.05) is 6.07 Å². The van der Waals surface area contributed by atoms with Gasteiger partial charge in [-0.15, -0.1) is 0 Å². The average Bonchev–Trinajstić information content (AvgIpc) is 2.45. The maximum absolute atomic E-state index is 11.5. The lowest BCUT2D eigenvalue weighted by Crippen LogP contribution is -2.02. The van der Waals surface area contributed by atoms with Crippen LogP contribution in [0.25, 0.3) is 0 Å². The lowest BCUT2D eigenvalue weighted by atomic mass is 10.1. The van der Waals surface area contributed by atoms with Gasteiger partial charge in [-0.05, 0) is 42.8 Å². The van der Waals surface area contributed by atoms with E-state index in [1.165, 1.54) is 6.92 Å². The molecule has 0 atom stereocenters. The van der Waals surface area contributed by atoms with Crippen LogP contribution in [0.2, 0.25) is 0 Å². The number of pyridine rings is 1. The van der Waals surface area contributed by atoms with Gasteiger partial charge in [0, 0.05) is 10.7 Å². The van der Waals surface area contributed by atoms with Crippen molar-refractivity contribution in [3.63, 3.8) is 0 Å². The van der Waals surface area contributed by atoms with E-state index in [9.17, 15) is 4.79 Å². The summed E-state index contributed by atoms with van der Waals surface area (Å²) in [5.41, 5.74) is 1.70. The summed E-state index contributed by atoms with van der Waals surface area (Å²) in [5, 5.41) is 8.80. The molecule has 0 fully saturated rings. The van der Waals surface area contributed by atoms with Gasteiger partial charge in [0.1, 0.15) is 24.1 Å². The van der Waals surface area contributed by atoms with Gasteiger partial charge in [0.05, 0.1) is 5.56 Å². The minimum Gasteiger partial charge on any atom is -0.488 e. The molecule has 0 saturated carbocycles. The van der Waals surface area contributed by atoms with Gasteiger partial charge in [-0.1, -0.05) is 15.9 Å². The lowest BCUT2D eigenvalue weighted by Gasteiger charge is -2.10. The molecule has 2 rings (SSSR count). The molecule has 0 N–H and O–H groups in total. The smallest absolute Gasteiger partial charge is 0.163 e. The van der Waals surface area contributed by atoms with Gasteiger partial charge < -0.3 is 4.74 Å². The molecule has 0 spiro atoms. The maximum atomic E-state index is 11.5. The third-order valence-corrected chi connectivity index (χ3v) is 3.15. The molecule has 0 saturated heterocycles. The van der Waals surface area contributed by atoms with Crippen LogP contribution < -0.4 is 4.74 Å². The number of hydrogen-bond donors (Lipinski definition) is 0. The highest BCUT2D eigenvalue weighted by atomic mass is 79.9. The molecule has 0 aliphatic heterocycles. The van der Waals surface area contributed by atoms with Crippen molar-refractivity contribution in [1.29, 1.82) is 5.26 Å². The van der Waals surface area contributed by atoms with Gasteiger partial charge in [0.15, 0.2) is 5.78 Å². The van der Waals surface area contributed by atoms with E-state index in [2.05, 4.69) is 20.9 Å². The normalized spacial score (nSPS) is 9.85. The largest absolute Gasteiger partial charge is 0.488 e. The first-order valence-corrected chi connectivity index (χ1v) is 6.68. The fraction of sp³-hybridized carbons (Fsp3) is 0.133. The van der Waals surface area contributed by atoms with E-state index >= 15 is 0 Å². The number of rotatable bonds is 4. The molecule has 1 aromatic carbocycles. The van der Waals surface area contributed by atoms with Crippen molar-refractivity contribution in [2.24, 2.45) is 0 Å². The van der Waals surface area contributed by atoms with Crippen LogP contribution >= 0.6 is 15.9 Å². The quantitative estimate of drug-likeness (QED) is 0.805. The van der Waals surface area contributed by atoms with Gasteiger partial charge in [-0.3, -0.25) is 4.79 Å². The predicted molar refractivity (Wildman–Crippen MR) is 77.4 cm³/mol. The Morgan fingerprint density at radius 1 is 1.40 bits per heavy atom. The highest BCUT2D eigenvalue weighted by Gasteiger charge is 2.09. The number of aromatic nitrogens is 1. The summed E-state index contributed by atoms with van der Waals surface area (Å²) in [4.78, 5) is 15.4. The summed E-state index contributed by atoms with van der Waals surface area (Å²) in [6.07, 6.45) is 1.56. The van der Waals surface area contributed by atoms with Gasteiger partial charge in [-0.25, -0.2) is 4.98 Å². The second-order valence-corrected chi connectivity index (χ2v) is 5.06. The van der Waals surface area contributed by atoms with Crippen LogP contribution in [0.1, 0.15) is 28.5 Å². The van der Waals surface area contributed by atoms with Crippen LogP contribution in [0, 0.1) is 11.3 Å². The van der Waals surface area contributed by atoms with Crippen LogP contribution in [-0.4, -0.2) is 10.8 Å². The number of halogens is 1. The van der Waals surface area contributed by atoms with Crippen LogP contribution in [0.5, 0.6) is 5.75 Å². The molecule has 100 valence electrons. The summed E-state index contributed by atoms with van der Waals surface area (Å²) >= 11 is 3.35. The fourth-order valence-corrected chi connectivity index (χ4v) is 2.03. The lowest BCUT2D eigenvalue weighted by molar-refractivity contribution is 0.101. The number of ketones is 1. The summed E-state index contributed by atoms with van der Waals surface area (Å²) in [7, 11) is 0. The standard InChI is InChI=1S/C15H11BrN2O2/c1-10(19)14-3-2-12(16)7-15(14)20-9-11-4-5-18-13(6-11)8-17/h2-7H,9H2,1H3. The Morgan fingerprint density at radius 3 is 2.90 bits per heavy atom. The number of benzene rings is 1. The van der Waals surface area contributed by atoms with E-state index in [-0.39, 0.29) is 12.4 Å². The number of ether oxygens (including phenoxy) is 1. The number of hydrogen-bond acceptors (Lipinski definition) is 4.